The van der Waals surface area contributed by atoms with E-state index in [9.17, 15) is 24.7 Å². The molecule has 29 heteroatoms. The first-order valence-electron chi connectivity index (χ1n) is 43.1. The number of Topliss-reactive ketones (excluding diaryl/α,β-unsaturated/α-hetero) is 2. The predicted molar refractivity (Wildman–Crippen MR) is 594 cm³/mol. The molecule has 0 amide bonds. The van der Waals surface area contributed by atoms with Gasteiger partial charge in [0.15, 0.2) is 17.9 Å². The van der Waals surface area contributed by atoms with E-state index in [1.165, 1.54) is 6.07 Å². The van der Waals surface area contributed by atoms with Crippen LogP contribution in [0.4, 0.5) is 0 Å². The van der Waals surface area contributed by atoms with Gasteiger partial charge in [0.05, 0.1) is 72.9 Å². The third kappa shape index (κ3) is 29.3. The molecule has 710 valence electrons. The van der Waals surface area contributed by atoms with E-state index in [1.54, 1.807) is 104 Å². The Bertz CT molecular complexity index is 7860. The fourth-order valence-electron chi connectivity index (χ4n) is 14.6. The second-order valence-corrected chi connectivity index (χ2v) is 34.9. The number of ketones is 2. The van der Waals surface area contributed by atoms with Crippen LogP contribution in [0, 0.1) is 7.43 Å². The molecule has 21 aromatic rings. The summed E-state index contributed by atoms with van der Waals surface area (Å²) >= 11 is 66.3. The zero-order valence-corrected chi connectivity index (χ0v) is 87.9. The maximum Gasteiger partial charge on any atom is 2.00 e. The Labute approximate surface area is 908 Å². The fraction of sp³-hybridized carbons (Fsp3) is 0.0351. The molecule has 0 spiro atoms. The average molecular weight is 2180 g/mol. The number of pyridine rings is 8. The van der Waals surface area contributed by atoms with Crippen molar-refractivity contribution >= 4 is 274 Å². The van der Waals surface area contributed by atoms with Crippen LogP contribution in [0.2, 0.25) is 55.6 Å². The van der Waals surface area contributed by atoms with Crippen LogP contribution in [0.25, 0.3) is 138 Å². The van der Waals surface area contributed by atoms with E-state index in [0.29, 0.717) is 79.4 Å². The minimum Gasteiger partial charge on any atom is -1.00 e. The van der Waals surface area contributed by atoms with Crippen LogP contribution in [0.15, 0.2) is 390 Å². The number of hydrogen-bond acceptors (Lipinski definition) is 14. The number of hydrogen-bond donors (Lipinski definition) is 4. The molecule has 0 fully saturated rings. The SMILES string of the molecule is C=CC.C=Cc1nc2cccc(Cl)c2cc1-c1ccccc1.CC(O)c1nc2cccc(Cl)c2cc1-c1ccccc1.Clc1ccc2c(Cl)cccc2n1.Clc1cccc2ncccc12.Clc1nc2cccc(Cl)c2cc1-c1ccccc1.O=C1CC(=O)c2ccccc21.O=Cc1nc2cccc(Cl)c2cc1-c1ccccc1.OB(O)c1cc2c(Cl)cccc2nc1Cl.O[n+]1cccc2c(Cl)cccc21.[Br-].[CH3-].[Mg+2]. The molecule has 15 nitrogen and oxygen atoms in total. The first kappa shape index (κ1) is 113. The van der Waals surface area contributed by atoms with E-state index in [2.05, 4.69) is 66.2 Å². The number of aliphatic hydroxyl groups excluding tert-OH is 1. The first-order chi connectivity index (χ1) is 67.7. The summed E-state index contributed by atoms with van der Waals surface area (Å²) in [6.07, 6.45) is 7.07. The fourth-order valence-corrected chi connectivity index (χ4v) is 17.0. The van der Waals surface area contributed by atoms with Gasteiger partial charge in [-0.05, 0) is 194 Å². The Kier molecular flexibility index (Phi) is 43.4. The molecule has 0 radical (unpaired) electrons. The van der Waals surface area contributed by atoms with Crippen molar-refractivity contribution < 1.29 is 56.5 Å². The van der Waals surface area contributed by atoms with Gasteiger partial charge in [-0.3, -0.25) is 24.6 Å². The van der Waals surface area contributed by atoms with Crippen molar-refractivity contribution in [2.75, 3.05) is 0 Å². The van der Waals surface area contributed by atoms with Crippen LogP contribution in [0.3, 0.4) is 0 Å². The van der Waals surface area contributed by atoms with Gasteiger partial charge >= 0.3 is 30.2 Å². The normalized spacial score (nSPS) is 10.9. The second kappa shape index (κ2) is 55.0. The van der Waals surface area contributed by atoms with Crippen LogP contribution < -0.4 is 27.2 Å². The second-order valence-electron chi connectivity index (χ2n) is 30.6. The minimum absolute atomic E-state index is 0. The molecule has 0 saturated heterocycles. The van der Waals surface area contributed by atoms with Crippen molar-refractivity contribution in [2.45, 2.75) is 26.4 Å². The van der Waals surface area contributed by atoms with Crippen molar-refractivity contribution in [3.63, 3.8) is 0 Å². The summed E-state index contributed by atoms with van der Waals surface area (Å²) < 4.78 is 1.06. The maximum absolute atomic E-state index is 11.2. The van der Waals surface area contributed by atoms with Gasteiger partial charge in [-0.1, -0.05) is 334 Å². The first-order valence-corrected chi connectivity index (χ1v) is 47.2. The summed E-state index contributed by atoms with van der Waals surface area (Å²) in [5.74, 6) is -0.101. The molecule has 22 rings (SSSR count). The smallest absolute Gasteiger partial charge is 1.00 e. The van der Waals surface area contributed by atoms with Gasteiger partial charge in [0, 0.05) is 135 Å². The number of nitrogens with zero attached hydrogens (tertiary/aromatic N) is 8. The van der Waals surface area contributed by atoms with Crippen LogP contribution in [0.1, 0.15) is 69.0 Å². The summed E-state index contributed by atoms with van der Waals surface area (Å²) in [5, 5.41) is 50.9. The molecule has 8 heterocycles. The van der Waals surface area contributed by atoms with Crippen LogP contribution in [0.5, 0.6) is 0 Å². The standard InChI is InChI=1S/C17H14ClNO.C17H12ClN.C16H10ClNO.C15H9Cl2N.C9H6BCl2NO2.C9H5Cl2N.C9H7ClNO.C9H6ClN.C9H6O2.C3H6.CH3.BrH.Mg/c1-11(20)17-13(12-6-3-2-4-7-12)10-14-15(18)8-5-9-16(14)19-17;1-2-16-13(12-7-4-3-5-8-12)11-14-15(18)9-6-10-17(14)19-16;17-14-7-4-8-15-13(14)9-12(16(10-19)18-15)11-5-2-1-3-6-11;16-13-7-4-8-14-12(13)9-11(15(17)18-14)10-5-2-1-3-6-10;11-7-2-1-3-8-5(7)4-6(10(14)15)9(12)13-8;10-7-2-1-3-8-6(7)4-5-9(11)12-8;10-8-4-1-5-9-7(8)3-2-6-11(9)12;10-8-4-1-5-9-7(8)3-2-6-11-9;10-8-5-9(11)7-4-2-1-3-6(7)8;1-3-2;;;/h2-11,20H,1H3;2-11H,1H2;1-10H;1-9H;1-4,14-15H;1-5H;1-6,12H;1-6H;1-4H,5H2;3H,1H2,2H3;1H3;1H;/q;;;;;;+1;;;;-1;;+2/p-1. The van der Waals surface area contributed by atoms with Gasteiger partial charge < -0.3 is 39.6 Å². The average Bonchev–Trinajstić information content (AvgIpc) is 0.801. The van der Waals surface area contributed by atoms with Crippen molar-refractivity contribution in [1.29, 1.82) is 0 Å². The van der Waals surface area contributed by atoms with Crippen molar-refractivity contribution in [2.24, 2.45) is 0 Å². The molecule has 0 saturated carbocycles. The van der Waals surface area contributed by atoms with E-state index in [1.807, 2.05) is 268 Å². The molecule has 1 aliphatic rings. The van der Waals surface area contributed by atoms with Gasteiger partial charge in [0.1, 0.15) is 21.2 Å². The third-order valence-electron chi connectivity index (χ3n) is 21.2. The maximum atomic E-state index is 11.2. The van der Waals surface area contributed by atoms with E-state index >= 15 is 0 Å². The molecule has 0 bridgehead atoms. The largest absolute Gasteiger partial charge is 2.00 e. The summed E-state index contributed by atoms with van der Waals surface area (Å²) in [4.78, 5) is 63.6. The summed E-state index contributed by atoms with van der Waals surface area (Å²) in [5.41, 5.74) is 17.4. The Morgan fingerprint density at radius 3 is 1.11 bits per heavy atom. The Hall–Kier alpha value is -12.2. The van der Waals surface area contributed by atoms with E-state index < -0.39 is 13.2 Å². The zero-order chi connectivity index (χ0) is 99.5. The predicted octanol–water partition coefficient (Wildman–Crippen LogP) is 28.8. The number of aldehydes is 1. The molecule has 0 aliphatic heterocycles. The molecule has 13 aromatic carbocycles. The number of halogens is 12. The summed E-state index contributed by atoms with van der Waals surface area (Å²) in [7, 11) is -1.65. The topological polar surface area (TPSA) is 226 Å². The molecule has 8 aromatic heterocycles. The van der Waals surface area contributed by atoms with Crippen LogP contribution in [-0.4, -0.2) is 103 Å². The number of aromatic nitrogens is 8. The zero-order valence-electron chi connectivity index (χ0n) is 76.6. The molecular formula is C114H84BBrCl11MgN8O7+. The molecule has 1 atom stereocenters. The monoisotopic (exact) mass is 2180 g/mol. The number of carbonyl (C=O) groups is 3. The van der Waals surface area contributed by atoms with Gasteiger partial charge in [-0.2, -0.15) is 0 Å². The Balaban J connectivity index is 0.000000165. The summed E-state index contributed by atoms with van der Waals surface area (Å²) in [6, 6.07) is 112. The number of rotatable bonds is 8. The van der Waals surface area contributed by atoms with Crippen molar-refractivity contribution in [3.8, 4) is 44.5 Å². The third-order valence-corrected chi connectivity index (χ3v) is 24.7. The summed E-state index contributed by atoms with van der Waals surface area (Å²) in [6.45, 7) is 10.8. The van der Waals surface area contributed by atoms with Gasteiger partial charge in [0.2, 0.25) is 6.20 Å². The van der Waals surface area contributed by atoms with E-state index in [-0.39, 0.29) is 76.1 Å². The van der Waals surface area contributed by atoms with Crippen LogP contribution in [-0.2, 0) is 0 Å². The van der Waals surface area contributed by atoms with Crippen molar-refractivity contribution in [3.05, 3.63) is 481 Å². The number of benzene rings is 13. The van der Waals surface area contributed by atoms with Gasteiger partial charge in [-0.25, -0.2) is 29.9 Å². The molecule has 1 unspecified atom stereocenters. The molecular weight excluding hydrogens is 2100 g/mol. The Morgan fingerprint density at radius 1 is 0.357 bits per heavy atom. The molecule has 1 aliphatic carbocycles. The number of allylic oxidation sites excluding steroid dienone is 1. The molecule has 4 N–H and O–H groups in total. The quantitative estimate of drug-likeness (QED) is 0.0162. The van der Waals surface area contributed by atoms with Gasteiger partial charge in [0.25, 0.3) is 5.52 Å². The van der Waals surface area contributed by atoms with Crippen LogP contribution >= 0.6 is 128 Å². The molecule has 143 heavy (non-hydrogen) atoms. The number of fused-ring (bicyclic) bond motifs is 9. The van der Waals surface area contributed by atoms with Gasteiger partial charge in [-0.15, -0.1) is 6.58 Å². The number of aliphatic hydroxyl groups is 1. The van der Waals surface area contributed by atoms with E-state index in [4.69, 9.17) is 138 Å². The van der Waals surface area contributed by atoms with Crippen molar-refractivity contribution in [1.82, 2.24) is 34.9 Å². The Morgan fingerprint density at radius 2 is 0.692 bits per heavy atom. The van der Waals surface area contributed by atoms with E-state index in [0.717, 1.165) is 142 Å². The number of carbonyl (C=O) groups excluding carboxylic acids is 3. The minimum atomic E-state index is -1.65.